The molecule has 0 saturated carbocycles. The summed E-state index contributed by atoms with van der Waals surface area (Å²) in [5, 5.41) is 4.86. The smallest absolute Gasteiger partial charge is 0.0634 e. The van der Waals surface area contributed by atoms with Crippen LogP contribution in [0.25, 0.3) is 0 Å². The quantitative estimate of drug-likeness (QED) is 0.906. The first-order valence-electron chi connectivity index (χ1n) is 5.74. The highest BCUT2D eigenvalue weighted by molar-refractivity contribution is 6.31. The molecule has 0 unspecified atom stereocenters. The zero-order chi connectivity index (χ0) is 13.0. The van der Waals surface area contributed by atoms with Crippen molar-refractivity contribution in [3.63, 3.8) is 0 Å². The third-order valence-electron chi connectivity index (χ3n) is 2.83. The molecule has 0 aliphatic heterocycles. The molecule has 0 amide bonds. The van der Waals surface area contributed by atoms with Crippen LogP contribution < -0.4 is 5.32 Å². The third kappa shape index (κ3) is 3.45. The second kappa shape index (κ2) is 6.19. The number of halogens is 2. The van der Waals surface area contributed by atoms with Gasteiger partial charge in [0.25, 0.3) is 0 Å². The molecule has 2 aromatic rings. The standard InChI is InChI=1S/C14H14Cl2N2/c1-10(11-2-4-13(15)5-3-11)18-8-12-6-7-17-9-14(12)16/h2-7,9-10,18H,8H2,1H3/t10-/m0/s1. The Hall–Kier alpha value is -1.09. The summed E-state index contributed by atoms with van der Waals surface area (Å²) in [5.41, 5.74) is 2.25. The predicted molar refractivity (Wildman–Crippen MR) is 76.0 cm³/mol. The Morgan fingerprint density at radius 2 is 1.89 bits per heavy atom. The Kier molecular flexibility index (Phi) is 4.59. The van der Waals surface area contributed by atoms with E-state index in [-0.39, 0.29) is 6.04 Å². The lowest BCUT2D eigenvalue weighted by molar-refractivity contribution is 0.574. The molecule has 2 nitrogen and oxygen atoms in total. The summed E-state index contributed by atoms with van der Waals surface area (Å²) in [7, 11) is 0. The normalized spacial score (nSPS) is 12.4. The van der Waals surface area contributed by atoms with Crippen molar-refractivity contribution >= 4 is 23.2 Å². The number of nitrogens with zero attached hydrogens (tertiary/aromatic N) is 1. The Balaban J connectivity index is 1.98. The summed E-state index contributed by atoms with van der Waals surface area (Å²) in [6, 6.07) is 10.0. The zero-order valence-corrected chi connectivity index (χ0v) is 11.5. The van der Waals surface area contributed by atoms with Gasteiger partial charge < -0.3 is 5.32 Å². The molecule has 1 aromatic carbocycles. The van der Waals surface area contributed by atoms with Crippen LogP contribution in [0, 0.1) is 0 Å². The maximum Gasteiger partial charge on any atom is 0.0634 e. The van der Waals surface area contributed by atoms with Gasteiger partial charge in [0.2, 0.25) is 0 Å². The minimum Gasteiger partial charge on any atom is -0.306 e. The van der Waals surface area contributed by atoms with Gasteiger partial charge in [-0.2, -0.15) is 0 Å². The van der Waals surface area contributed by atoms with E-state index < -0.39 is 0 Å². The first-order chi connectivity index (χ1) is 8.66. The highest BCUT2D eigenvalue weighted by Crippen LogP contribution is 2.18. The van der Waals surface area contributed by atoms with Gasteiger partial charge in [-0.1, -0.05) is 35.3 Å². The molecule has 1 atom stereocenters. The van der Waals surface area contributed by atoms with E-state index in [0.29, 0.717) is 11.6 Å². The lowest BCUT2D eigenvalue weighted by atomic mass is 10.1. The molecule has 0 bridgehead atoms. The minimum absolute atomic E-state index is 0.242. The molecule has 1 heterocycles. The monoisotopic (exact) mass is 280 g/mol. The van der Waals surface area contributed by atoms with Gasteiger partial charge in [0.15, 0.2) is 0 Å². The number of benzene rings is 1. The number of pyridine rings is 1. The summed E-state index contributed by atoms with van der Waals surface area (Å²) >= 11 is 11.9. The van der Waals surface area contributed by atoms with Crippen LogP contribution in [0.5, 0.6) is 0 Å². The van der Waals surface area contributed by atoms with Gasteiger partial charge in [-0.15, -0.1) is 0 Å². The molecule has 18 heavy (non-hydrogen) atoms. The van der Waals surface area contributed by atoms with Crippen LogP contribution in [-0.4, -0.2) is 4.98 Å². The Bertz CT molecular complexity index is 511. The van der Waals surface area contributed by atoms with Crippen LogP contribution in [0.4, 0.5) is 0 Å². The van der Waals surface area contributed by atoms with Crippen molar-refractivity contribution < 1.29 is 0 Å². The van der Waals surface area contributed by atoms with Crippen molar-refractivity contribution in [2.45, 2.75) is 19.5 Å². The van der Waals surface area contributed by atoms with Crippen LogP contribution in [-0.2, 0) is 6.54 Å². The first-order valence-corrected chi connectivity index (χ1v) is 6.49. The van der Waals surface area contributed by atoms with E-state index in [1.807, 2.05) is 30.3 Å². The van der Waals surface area contributed by atoms with Gasteiger partial charge in [0.05, 0.1) is 5.02 Å². The van der Waals surface area contributed by atoms with Gasteiger partial charge in [-0.3, -0.25) is 4.98 Å². The van der Waals surface area contributed by atoms with E-state index in [1.54, 1.807) is 12.4 Å². The molecule has 0 aliphatic carbocycles. The average Bonchev–Trinajstić information content (AvgIpc) is 2.38. The number of hydrogen-bond acceptors (Lipinski definition) is 2. The second-order valence-corrected chi connectivity index (χ2v) is 4.96. The molecule has 0 radical (unpaired) electrons. The number of hydrogen-bond donors (Lipinski definition) is 1. The molecule has 0 spiro atoms. The molecule has 1 aromatic heterocycles. The number of rotatable bonds is 4. The topological polar surface area (TPSA) is 24.9 Å². The highest BCUT2D eigenvalue weighted by Gasteiger charge is 2.06. The molecule has 94 valence electrons. The minimum atomic E-state index is 0.242. The lowest BCUT2D eigenvalue weighted by Gasteiger charge is -2.14. The molecule has 0 saturated heterocycles. The Labute approximate surface area is 117 Å². The van der Waals surface area contributed by atoms with E-state index in [0.717, 1.165) is 10.6 Å². The fourth-order valence-corrected chi connectivity index (χ4v) is 1.99. The van der Waals surface area contributed by atoms with Crippen LogP contribution in [0.2, 0.25) is 10.0 Å². The van der Waals surface area contributed by atoms with E-state index >= 15 is 0 Å². The van der Waals surface area contributed by atoms with Gasteiger partial charge in [-0.25, -0.2) is 0 Å². The summed E-state index contributed by atoms with van der Waals surface area (Å²) in [4.78, 5) is 3.97. The van der Waals surface area contributed by atoms with Crippen LogP contribution in [0.3, 0.4) is 0 Å². The maximum absolute atomic E-state index is 6.05. The van der Waals surface area contributed by atoms with E-state index in [1.165, 1.54) is 5.56 Å². The molecule has 4 heteroatoms. The zero-order valence-electron chi connectivity index (χ0n) is 10.0. The van der Waals surface area contributed by atoms with E-state index in [2.05, 4.69) is 17.2 Å². The van der Waals surface area contributed by atoms with Crippen LogP contribution in [0.15, 0.2) is 42.7 Å². The maximum atomic E-state index is 6.05. The van der Waals surface area contributed by atoms with Crippen molar-refractivity contribution in [2.75, 3.05) is 0 Å². The largest absolute Gasteiger partial charge is 0.306 e. The fraction of sp³-hybridized carbons (Fsp3) is 0.214. The summed E-state index contributed by atoms with van der Waals surface area (Å²) in [6.07, 6.45) is 3.40. The molecular weight excluding hydrogens is 267 g/mol. The van der Waals surface area contributed by atoms with Gasteiger partial charge in [-0.05, 0) is 36.2 Å². The Morgan fingerprint density at radius 3 is 2.56 bits per heavy atom. The molecule has 0 fully saturated rings. The van der Waals surface area contributed by atoms with Crippen LogP contribution >= 0.6 is 23.2 Å². The van der Waals surface area contributed by atoms with Gasteiger partial charge in [0, 0.05) is 30.0 Å². The number of aromatic nitrogens is 1. The molecule has 0 aliphatic rings. The number of nitrogens with one attached hydrogen (secondary N) is 1. The van der Waals surface area contributed by atoms with Crippen molar-refractivity contribution in [1.82, 2.24) is 10.3 Å². The van der Waals surface area contributed by atoms with Gasteiger partial charge in [0.1, 0.15) is 0 Å². The molecule has 2 rings (SSSR count). The fourth-order valence-electron chi connectivity index (χ4n) is 1.68. The second-order valence-electron chi connectivity index (χ2n) is 4.12. The third-order valence-corrected chi connectivity index (χ3v) is 3.42. The summed E-state index contributed by atoms with van der Waals surface area (Å²) in [6.45, 7) is 2.82. The van der Waals surface area contributed by atoms with Crippen molar-refractivity contribution in [3.05, 3.63) is 63.9 Å². The SMILES string of the molecule is C[C@H](NCc1ccncc1Cl)c1ccc(Cl)cc1. The lowest BCUT2D eigenvalue weighted by Crippen LogP contribution is -2.18. The molecule has 1 N–H and O–H groups in total. The Morgan fingerprint density at radius 1 is 1.17 bits per heavy atom. The first kappa shape index (κ1) is 13.3. The van der Waals surface area contributed by atoms with E-state index in [4.69, 9.17) is 23.2 Å². The summed E-state index contributed by atoms with van der Waals surface area (Å²) in [5.74, 6) is 0. The molecular formula is C14H14Cl2N2. The van der Waals surface area contributed by atoms with Crippen molar-refractivity contribution in [2.24, 2.45) is 0 Å². The van der Waals surface area contributed by atoms with Gasteiger partial charge >= 0.3 is 0 Å². The average molecular weight is 281 g/mol. The van der Waals surface area contributed by atoms with Crippen molar-refractivity contribution in [1.29, 1.82) is 0 Å². The van der Waals surface area contributed by atoms with E-state index in [9.17, 15) is 0 Å². The van der Waals surface area contributed by atoms with Crippen molar-refractivity contribution in [3.8, 4) is 0 Å². The highest BCUT2D eigenvalue weighted by atomic mass is 35.5. The summed E-state index contributed by atoms with van der Waals surface area (Å²) < 4.78 is 0. The van der Waals surface area contributed by atoms with Crippen LogP contribution in [0.1, 0.15) is 24.1 Å². The predicted octanol–water partition coefficient (Wildman–Crippen LogP) is 4.24.